The molecular weight excluding hydrogens is 1050 g/mol. The first-order valence-electron chi connectivity index (χ1n) is 20.7. The number of anilines is 3. The zero-order valence-electron chi connectivity index (χ0n) is 35.7. The van der Waals surface area contributed by atoms with Gasteiger partial charge in [-0.1, -0.05) is 79.6 Å². The van der Waals surface area contributed by atoms with Gasteiger partial charge in [0.2, 0.25) is 0 Å². The number of benzene rings is 3. The van der Waals surface area contributed by atoms with Crippen LogP contribution < -0.4 is 17.2 Å². The first-order valence-corrected chi connectivity index (χ1v) is 21.5. The van der Waals surface area contributed by atoms with E-state index >= 15 is 0 Å². The van der Waals surface area contributed by atoms with Gasteiger partial charge in [-0.15, -0.1) is 0 Å². The molecule has 0 unspecified atom stereocenters. The molecule has 1 saturated heterocycles. The molecule has 0 amide bonds. The summed E-state index contributed by atoms with van der Waals surface area (Å²) in [6.07, 6.45) is 22.2. The fourth-order valence-corrected chi connectivity index (χ4v) is 8.73. The van der Waals surface area contributed by atoms with Gasteiger partial charge in [-0.2, -0.15) is 13.5 Å². The normalized spacial score (nSPS) is 17.3. The molecule has 4 heterocycles. The fraction of sp³-hybridized carbons (Fsp3) is 0.354. The molecule has 3 aromatic carbocycles. The third kappa shape index (κ3) is 11.7. The zero-order valence-corrected chi connectivity index (χ0v) is 42.6. The van der Waals surface area contributed by atoms with E-state index in [4.69, 9.17) is 26.5 Å². The Kier molecular flexibility index (Phi) is 18.6. The Morgan fingerprint density at radius 3 is 1.66 bits per heavy atom. The van der Waals surface area contributed by atoms with Crippen molar-refractivity contribution in [2.45, 2.75) is 109 Å². The minimum Gasteiger partial charge on any atom is -0.400 e. The standard InChI is InChI=1S/C14H16N2.C14H14N2.C11H19BO2.C9H7BrN2.H2S.V.W/c2*15-12-9-16-13-8-4-3-7-11(13)14(12)10-5-1-2-6-10;1-10(2)11(3,4)14-12(13-10)9-7-5-6-8-9;10-9-6-3-1-2-4-8(6)12-5-7(9)11;;;/h3-4,7-10H,1-2,5-6,15H2;3-5,7-9H,1-2,6,15H2;7H,5-6,8H2,1-4H3;1-5H,11H2;1H2;;. The Hall–Kier alpha value is -3.14. The van der Waals surface area contributed by atoms with Gasteiger partial charge in [0.25, 0.3) is 0 Å². The largest absolute Gasteiger partial charge is 0.490 e. The topological polar surface area (TPSA) is 135 Å². The van der Waals surface area contributed by atoms with Crippen molar-refractivity contribution in [1.29, 1.82) is 0 Å². The first-order chi connectivity index (χ1) is 27.9. The van der Waals surface area contributed by atoms with Crippen LogP contribution in [0.1, 0.15) is 109 Å². The van der Waals surface area contributed by atoms with Crippen molar-refractivity contribution in [3.05, 3.63) is 125 Å². The van der Waals surface area contributed by atoms with Crippen LogP contribution in [0.25, 0.3) is 38.3 Å². The molecule has 4 aliphatic rings. The zero-order chi connectivity index (χ0) is 40.9. The van der Waals surface area contributed by atoms with Crippen molar-refractivity contribution >= 4 is 91.9 Å². The van der Waals surface area contributed by atoms with E-state index in [0.717, 1.165) is 50.6 Å². The third-order valence-corrected chi connectivity index (χ3v) is 13.0. The Morgan fingerprint density at radius 1 is 0.623 bits per heavy atom. The van der Waals surface area contributed by atoms with Crippen LogP contribution in [0.4, 0.5) is 17.1 Å². The first kappa shape index (κ1) is 50.5. The van der Waals surface area contributed by atoms with Crippen LogP contribution >= 0.6 is 29.4 Å². The SMILES string of the molecule is CC1(C)OB(C2=CCCC2)OC1(C)C.Nc1cnc2ccccc2c1Br.Nc1cnc2ccccc2c1C1=CCCC1.Nc1cnc2ccccc2c1C1CCCC1.S.[V].[W]. The molecule has 13 heteroatoms. The number of aromatic nitrogens is 3. The maximum atomic E-state index is 6.10. The summed E-state index contributed by atoms with van der Waals surface area (Å²) in [6, 6.07) is 24.4. The summed E-state index contributed by atoms with van der Waals surface area (Å²) < 4.78 is 12.8. The van der Waals surface area contributed by atoms with Crippen molar-refractivity contribution in [1.82, 2.24) is 15.0 Å². The van der Waals surface area contributed by atoms with Gasteiger partial charge >= 0.3 is 7.12 Å². The summed E-state index contributed by atoms with van der Waals surface area (Å²) in [6.45, 7) is 8.40. The molecule has 8 nitrogen and oxygen atoms in total. The number of pyridine rings is 3. The quantitative estimate of drug-likeness (QED) is 0.149. The third-order valence-electron chi connectivity index (χ3n) is 12.1. The second-order valence-corrected chi connectivity index (χ2v) is 17.5. The number of nitrogen functional groups attached to an aromatic ring is 3. The number of allylic oxidation sites excluding steroid dienone is 4. The van der Waals surface area contributed by atoms with E-state index in [0.29, 0.717) is 11.6 Å². The molecule has 1 saturated carbocycles. The molecule has 0 atom stereocenters. The Bertz CT molecular complexity index is 2470. The summed E-state index contributed by atoms with van der Waals surface area (Å²) in [5.41, 5.74) is 28.1. The molecule has 1 aliphatic heterocycles. The number of hydrogen-bond acceptors (Lipinski definition) is 8. The van der Waals surface area contributed by atoms with Gasteiger partial charge in [0.1, 0.15) is 0 Å². The summed E-state index contributed by atoms with van der Waals surface area (Å²) in [5.74, 6) is 0.646. The molecule has 6 aromatic rings. The number of halogens is 1. The summed E-state index contributed by atoms with van der Waals surface area (Å²) >= 11 is 3.42. The number of para-hydroxylation sites is 3. The van der Waals surface area contributed by atoms with Gasteiger partial charge in [0.15, 0.2) is 0 Å². The minimum atomic E-state index is -0.193. The Balaban J connectivity index is 0.000000177. The number of hydrogen-bond donors (Lipinski definition) is 3. The minimum absolute atomic E-state index is 0. The van der Waals surface area contributed by atoms with Gasteiger partial charge in [-0.05, 0) is 136 Å². The molecule has 1 radical (unpaired) electrons. The molecular formula is C48H58BBrN6O2SVW. The molecule has 3 aliphatic carbocycles. The second kappa shape index (κ2) is 22.5. The molecule has 0 spiro atoms. The summed E-state index contributed by atoms with van der Waals surface area (Å²) in [4.78, 5) is 12.9. The Labute approximate surface area is 403 Å². The Morgan fingerprint density at radius 2 is 1.10 bits per heavy atom. The van der Waals surface area contributed by atoms with Gasteiger partial charge in [0.05, 0.1) is 67.9 Å². The number of fused-ring (bicyclic) bond motifs is 3. The average Bonchev–Trinajstić information content (AvgIpc) is 4.07. The van der Waals surface area contributed by atoms with Crippen molar-refractivity contribution in [3.63, 3.8) is 0 Å². The van der Waals surface area contributed by atoms with Crippen LogP contribution in [0.3, 0.4) is 0 Å². The van der Waals surface area contributed by atoms with Crippen LogP contribution in [-0.4, -0.2) is 33.3 Å². The van der Waals surface area contributed by atoms with Crippen LogP contribution in [-0.2, 0) is 48.9 Å². The van der Waals surface area contributed by atoms with Crippen LogP contribution in [0.2, 0.25) is 0 Å². The number of nitrogens with zero attached hydrogens (tertiary/aromatic N) is 3. The van der Waals surface area contributed by atoms with Crippen LogP contribution in [0.5, 0.6) is 0 Å². The van der Waals surface area contributed by atoms with E-state index in [-0.39, 0.29) is 71.4 Å². The van der Waals surface area contributed by atoms with Crippen molar-refractivity contribution < 1.29 is 48.9 Å². The monoisotopic (exact) mass is 1110 g/mol. The molecule has 61 heavy (non-hydrogen) atoms. The number of nitrogens with two attached hydrogens (primary N) is 3. The van der Waals surface area contributed by atoms with E-state index in [9.17, 15) is 0 Å². The van der Waals surface area contributed by atoms with Crippen LogP contribution in [0.15, 0.2) is 113 Å². The van der Waals surface area contributed by atoms with Gasteiger partial charge < -0.3 is 26.5 Å². The van der Waals surface area contributed by atoms with Crippen molar-refractivity contribution in [2.75, 3.05) is 17.2 Å². The molecule has 3 aromatic heterocycles. The second-order valence-electron chi connectivity index (χ2n) is 16.7. The van der Waals surface area contributed by atoms with Crippen molar-refractivity contribution in [2.24, 2.45) is 0 Å². The molecule has 6 N–H and O–H groups in total. The molecule has 0 bridgehead atoms. The molecule has 319 valence electrons. The predicted molar refractivity (Wildman–Crippen MR) is 258 cm³/mol. The summed E-state index contributed by atoms with van der Waals surface area (Å²) in [5, 5.41) is 3.47. The number of rotatable bonds is 3. The van der Waals surface area contributed by atoms with Gasteiger partial charge in [-0.3, -0.25) is 15.0 Å². The van der Waals surface area contributed by atoms with Gasteiger partial charge in [0, 0.05) is 61.3 Å². The summed E-state index contributed by atoms with van der Waals surface area (Å²) in [7, 11) is -0.0949. The van der Waals surface area contributed by atoms with Crippen LogP contribution in [0, 0.1) is 0 Å². The molecule has 10 rings (SSSR count). The smallest absolute Gasteiger partial charge is 0.400 e. The van der Waals surface area contributed by atoms with E-state index in [1.165, 1.54) is 84.3 Å². The maximum absolute atomic E-state index is 6.10. The predicted octanol–water partition coefficient (Wildman–Crippen LogP) is 12.3. The van der Waals surface area contributed by atoms with E-state index in [2.05, 4.69) is 95.0 Å². The fourth-order valence-electron chi connectivity index (χ4n) is 8.29. The maximum Gasteiger partial charge on any atom is 0.490 e. The van der Waals surface area contributed by atoms with Crippen molar-refractivity contribution in [3.8, 4) is 0 Å². The van der Waals surface area contributed by atoms with E-state index in [1.807, 2.05) is 54.7 Å². The van der Waals surface area contributed by atoms with E-state index in [1.54, 1.807) is 12.4 Å². The van der Waals surface area contributed by atoms with Gasteiger partial charge in [-0.25, -0.2) is 0 Å². The molecule has 2 fully saturated rings. The van der Waals surface area contributed by atoms with E-state index < -0.39 is 0 Å². The average molecular weight is 1110 g/mol.